The second-order valence-electron chi connectivity index (χ2n) is 3.36. The van der Waals surface area contributed by atoms with Crippen LogP contribution in [-0.4, -0.2) is 43.8 Å². The van der Waals surface area contributed by atoms with E-state index in [1.807, 2.05) is 6.92 Å². The number of hydrogen-bond acceptors (Lipinski definition) is 5. The molecule has 1 rings (SSSR count). The summed E-state index contributed by atoms with van der Waals surface area (Å²) in [7, 11) is -3.44. The number of hydrogen-bond donors (Lipinski definition) is 1. The van der Waals surface area contributed by atoms with E-state index in [9.17, 15) is 8.42 Å². The van der Waals surface area contributed by atoms with Crippen LogP contribution in [0.15, 0.2) is 12.4 Å². The minimum absolute atomic E-state index is 0.0798. The minimum Gasteiger partial charge on any atom is -0.488 e. The topological polar surface area (TPSA) is 96.4 Å². The van der Waals surface area contributed by atoms with E-state index in [2.05, 4.69) is 5.10 Å². The van der Waals surface area contributed by atoms with Crippen molar-refractivity contribution < 1.29 is 17.9 Å². The Bertz CT molecular complexity index is 429. The van der Waals surface area contributed by atoms with Gasteiger partial charge in [-0.05, 0) is 6.92 Å². The zero-order chi connectivity index (χ0) is 12.7. The van der Waals surface area contributed by atoms with Crippen LogP contribution >= 0.6 is 0 Å². The van der Waals surface area contributed by atoms with Gasteiger partial charge in [0.2, 0.25) is 10.0 Å². The lowest BCUT2D eigenvalue weighted by Gasteiger charge is -2.04. The number of nitrogens with two attached hydrogens (primary N) is 1. The molecule has 7 nitrogen and oxygen atoms in total. The Labute approximate surface area is 101 Å². The van der Waals surface area contributed by atoms with Gasteiger partial charge >= 0.3 is 0 Å². The zero-order valence-electron chi connectivity index (χ0n) is 9.70. The van der Waals surface area contributed by atoms with Crippen LogP contribution in [0.1, 0.15) is 6.92 Å². The van der Waals surface area contributed by atoms with E-state index in [4.69, 9.17) is 14.6 Å². The lowest BCUT2D eigenvalue weighted by molar-refractivity contribution is 0.111. The molecule has 0 saturated carbocycles. The highest BCUT2D eigenvalue weighted by Gasteiger charge is 2.02. The lowest BCUT2D eigenvalue weighted by Crippen LogP contribution is -2.21. The Morgan fingerprint density at radius 3 is 2.76 bits per heavy atom. The van der Waals surface area contributed by atoms with Gasteiger partial charge in [-0.25, -0.2) is 13.6 Å². The predicted octanol–water partition coefficient (Wildman–Crippen LogP) is -0.413. The molecule has 0 aliphatic heterocycles. The molecule has 0 aliphatic rings. The molecule has 1 heterocycles. The van der Waals surface area contributed by atoms with E-state index >= 15 is 0 Å². The first-order chi connectivity index (χ1) is 8.01. The molecule has 0 radical (unpaired) electrons. The molecule has 98 valence electrons. The van der Waals surface area contributed by atoms with Gasteiger partial charge in [-0.15, -0.1) is 0 Å². The quantitative estimate of drug-likeness (QED) is 0.643. The summed E-state index contributed by atoms with van der Waals surface area (Å²) in [5, 5.41) is 8.85. The van der Waals surface area contributed by atoms with Crippen molar-refractivity contribution >= 4 is 10.0 Å². The maximum absolute atomic E-state index is 10.6. The van der Waals surface area contributed by atoms with Gasteiger partial charge in [-0.1, -0.05) is 0 Å². The monoisotopic (exact) mass is 263 g/mol. The number of primary sulfonamides is 1. The molecule has 0 fully saturated rings. The van der Waals surface area contributed by atoms with Gasteiger partial charge in [-0.2, -0.15) is 5.10 Å². The third-order valence-electron chi connectivity index (χ3n) is 1.94. The molecule has 1 aromatic rings. The van der Waals surface area contributed by atoms with Gasteiger partial charge in [0.05, 0.1) is 31.4 Å². The standard InChI is InChI=1S/C9H17N3O4S/c1-2-12-8-9(7-11-12)16-4-3-15-5-6-17(10,13)14/h7-8H,2-6H2,1H3,(H2,10,13,14). The average Bonchev–Trinajstić information content (AvgIpc) is 2.69. The van der Waals surface area contributed by atoms with Crippen LogP contribution in [-0.2, 0) is 21.3 Å². The number of nitrogens with zero attached hydrogens (tertiary/aromatic N) is 2. The Morgan fingerprint density at radius 2 is 2.18 bits per heavy atom. The van der Waals surface area contributed by atoms with Crippen molar-refractivity contribution in [1.82, 2.24) is 9.78 Å². The molecule has 0 aromatic carbocycles. The van der Waals surface area contributed by atoms with Crippen LogP contribution in [0.4, 0.5) is 0 Å². The Kier molecular flexibility index (Phi) is 5.39. The van der Waals surface area contributed by atoms with E-state index in [0.717, 1.165) is 6.54 Å². The largest absolute Gasteiger partial charge is 0.488 e. The number of ether oxygens (including phenoxy) is 2. The Morgan fingerprint density at radius 1 is 1.41 bits per heavy atom. The highest BCUT2D eigenvalue weighted by molar-refractivity contribution is 7.89. The van der Waals surface area contributed by atoms with Crippen molar-refractivity contribution in [3.8, 4) is 5.75 Å². The number of rotatable bonds is 8. The van der Waals surface area contributed by atoms with Crippen molar-refractivity contribution in [3.05, 3.63) is 12.4 Å². The summed E-state index contributed by atoms with van der Waals surface area (Å²) in [5.74, 6) is 0.489. The maximum atomic E-state index is 10.6. The first kappa shape index (κ1) is 13.9. The molecule has 0 spiro atoms. The van der Waals surface area contributed by atoms with Crippen LogP contribution in [0.5, 0.6) is 5.75 Å². The van der Waals surface area contributed by atoms with Crippen LogP contribution < -0.4 is 9.88 Å². The van der Waals surface area contributed by atoms with Gasteiger partial charge < -0.3 is 9.47 Å². The summed E-state index contributed by atoms with van der Waals surface area (Å²) < 4.78 is 33.3. The highest BCUT2D eigenvalue weighted by atomic mass is 32.2. The van der Waals surface area contributed by atoms with Crippen molar-refractivity contribution in [1.29, 1.82) is 0 Å². The Balaban J connectivity index is 2.08. The van der Waals surface area contributed by atoms with E-state index in [1.54, 1.807) is 17.1 Å². The molecule has 2 N–H and O–H groups in total. The average molecular weight is 263 g/mol. The van der Waals surface area contributed by atoms with Crippen molar-refractivity contribution in [3.63, 3.8) is 0 Å². The first-order valence-corrected chi connectivity index (χ1v) is 6.96. The smallest absolute Gasteiger partial charge is 0.211 e. The van der Waals surface area contributed by atoms with Crippen LogP contribution in [0.3, 0.4) is 0 Å². The Hall–Kier alpha value is -1.12. The fourth-order valence-electron chi connectivity index (χ4n) is 1.09. The van der Waals surface area contributed by atoms with E-state index in [-0.39, 0.29) is 12.4 Å². The van der Waals surface area contributed by atoms with Crippen LogP contribution in [0.25, 0.3) is 0 Å². The molecule has 8 heteroatoms. The highest BCUT2D eigenvalue weighted by Crippen LogP contribution is 2.07. The van der Waals surface area contributed by atoms with Crippen molar-refractivity contribution in [2.24, 2.45) is 5.14 Å². The summed E-state index contributed by atoms with van der Waals surface area (Å²) in [5.41, 5.74) is 0. The van der Waals surface area contributed by atoms with Gasteiger partial charge in [0.15, 0.2) is 5.75 Å². The number of aromatic nitrogens is 2. The molecular weight excluding hydrogens is 246 g/mol. The van der Waals surface area contributed by atoms with Crippen molar-refractivity contribution in [2.45, 2.75) is 13.5 Å². The molecule has 1 aromatic heterocycles. The van der Waals surface area contributed by atoms with E-state index < -0.39 is 10.0 Å². The van der Waals surface area contributed by atoms with Gasteiger partial charge in [0.25, 0.3) is 0 Å². The summed E-state index contributed by atoms with van der Waals surface area (Å²) in [6, 6.07) is 0. The second-order valence-corrected chi connectivity index (χ2v) is 5.09. The molecule has 0 unspecified atom stereocenters. The third-order valence-corrected chi connectivity index (χ3v) is 2.68. The van der Waals surface area contributed by atoms with Gasteiger partial charge in [0, 0.05) is 6.54 Å². The van der Waals surface area contributed by atoms with E-state index in [0.29, 0.717) is 19.0 Å². The van der Waals surface area contributed by atoms with Gasteiger partial charge in [-0.3, -0.25) is 4.68 Å². The zero-order valence-corrected chi connectivity index (χ0v) is 10.5. The number of aryl methyl sites for hydroxylation is 1. The summed E-state index contributed by atoms with van der Waals surface area (Å²) in [4.78, 5) is 0. The lowest BCUT2D eigenvalue weighted by atomic mass is 10.6. The minimum atomic E-state index is -3.44. The first-order valence-electron chi connectivity index (χ1n) is 5.24. The SMILES string of the molecule is CCn1cc(OCCOCCS(N)(=O)=O)cn1. The van der Waals surface area contributed by atoms with Crippen molar-refractivity contribution in [2.75, 3.05) is 25.6 Å². The molecule has 17 heavy (non-hydrogen) atoms. The third kappa shape index (κ3) is 6.25. The van der Waals surface area contributed by atoms with Crippen LogP contribution in [0.2, 0.25) is 0 Å². The fraction of sp³-hybridized carbons (Fsp3) is 0.667. The molecule has 0 atom stereocenters. The van der Waals surface area contributed by atoms with E-state index in [1.165, 1.54) is 0 Å². The summed E-state index contributed by atoms with van der Waals surface area (Å²) in [6.07, 6.45) is 3.40. The molecule has 0 saturated heterocycles. The molecule has 0 aliphatic carbocycles. The fourth-order valence-corrected chi connectivity index (χ4v) is 1.44. The molecule has 0 amide bonds. The maximum Gasteiger partial charge on any atom is 0.211 e. The predicted molar refractivity (Wildman–Crippen MR) is 62.2 cm³/mol. The number of sulfonamides is 1. The normalized spacial score (nSPS) is 11.6. The second kappa shape index (κ2) is 6.58. The summed E-state index contributed by atoms with van der Waals surface area (Å²) >= 11 is 0. The molecule has 0 bridgehead atoms. The summed E-state index contributed by atoms with van der Waals surface area (Å²) in [6.45, 7) is 3.50. The van der Waals surface area contributed by atoms with Gasteiger partial charge in [0.1, 0.15) is 6.61 Å². The van der Waals surface area contributed by atoms with Crippen LogP contribution in [0, 0.1) is 0 Å². The molecular formula is C9H17N3O4S.